The molecule has 1 saturated carbocycles. The summed E-state index contributed by atoms with van der Waals surface area (Å²) in [7, 11) is 0. The Kier molecular flexibility index (Phi) is 5.27. The number of hydrogen-bond donors (Lipinski definition) is 1. The summed E-state index contributed by atoms with van der Waals surface area (Å²) in [6, 6.07) is 7.55. The zero-order valence-corrected chi connectivity index (χ0v) is 14.1. The maximum Gasteiger partial charge on any atom is 0.221 e. The summed E-state index contributed by atoms with van der Waals surface area (Å²) in [6.45, 7) is 1.50. The fourth-order valence-corrected chi connectivity index (χ4v) is 3.97. The first kappa shape index (κ1) is 16.0. The van der Waals surface area contributed by atoms with Gasteiger partial charge in [-0.05, 0) is 47.4 Å². The molecular formula is C16H21N5OS. The number of amides is 1. The molecule has 1 heterocycles. The predicted molar refractivity (Wildman–Crippen MR) is 90.8 cm³/mol. The van der Waals surface area contributed by atoms with Crippen LogP contribution in [0.4, 0.5) is 5.69 Å². The molecule has 0 radical (unpaired) electrons. The molecule has 122 valence electrons. The van der Waals surface area contributed by atoms with E-state index >= 15 is 0 Å². The average molecular weight is 331 g/mol. The van der Waals surface area contributed by atoms with Crippen LogP contribution >= 0.6 is 11.8 Å². The van der Waals surface area contributed by atoms with E-state index in [1.54, 1.807) is 16.4 Å². The van der Waals surface area contributed by atoms with Gasteiger partial charge in [0.15, 0.2) is 0 Å². The van der Waals surface area contributed by atoms with Gasteiger partial charge in [0.05, 0.1) is 5.69 Å². The third-order valence-electron chi connectivity index (χ3n) is 4.02. The lowest BCUT2D eigenvalue weighted by Crippen LogP contribution is -2.10. The van der Waals surface area contributed by atoms with Crippen LogP contribution in [0.3, 0.4) is 0 Å². The molecule has 7 heteroatoms. The third-order valence-corrected chi connectivity index (χ3v) is 5.18. The molecule has 0 atom stereocenters. The molecule has 2 aromatic rings. The van der Waals surface area contributed by atoms with Crippen molar-refractivity contribution in [1.29, 1.82) is 0 Å². The van der Waals surface area contributed by atoms with Gasteiger partial charge >= 0.3 is 0 Å². The van der Waals surface area contributed by atoms with Crippen molar-refractivity contribution < 1.29 is 4.79 Å². The SMILES string of the molecule is CC(=O)Nc1cccc(-n2nnnc2SCC2CCCCC2)c1. The van der Waals surface area contributed by atoms with Gasteiger partial charge in [-0.1, -0.05) is 37.1 Å². The highest BCUT2D eigenvalue weighted by atomic mass is 32.2. The van der Waals surface area contributed by atoms with E-state index in [-0.39, 0.29) is 5.91 Å². The summed E-state index contributed by atoms with van der Waals surface area (Å²) < 4.78 is 1.73. The summed E-state index contributed by atoms with van der Waals surface area (Å²) in [5.41, 5.74) is 1.60. The highest BCUT2D eigenvalue weighted by molar-refractivity contribution is 7.99. The summed E-state index contributed by atoms with van der Waals surface area (Å²) in [5, 5.41) is 15.6. The van der Waals surface area contributed by atoms with Crippen molar-refractivity contribution in [3.63, 3.8) is 0 Å². The van der Waals surface area contributed by atoms with Crippen molar-refractivity contribution >= 4 is 23.4 Å². The van der Waals surface area contributed by atoms with E-state index in [0.717, 1.165) is 28.2 Å². The van der Waals surface area contributed by atoms with Crippen LogP contribution < -0.4 is 5.32 Å². The lowest BCUT2D eigenvalue weighted by Gasteiger charge is -2.20. The van der Waals surface area contributed by atoms with E-state index in [4.69, 9.17) is 0 Å². The van der Waals surface area contributed by atoms with Crippen molar-refractivity contribution in [3.8, 4) is 5.69 Å². The normalized spacial score (nSPS) is 15.5. The van der Waals surface area contributed by atoms with Crippen LogP contribution in [0.25, 0.3) is 5.69 Å². The second kappa shape index (κ2) is 7.59. The summed E-state index contributed by atoms with van der Waals surface area (Å²) in [6.07, 6.45) is 6.68. The number of nitrogens with one attached hydrogen (secondary N) is 1. The van der Waals surface area contributed by atoms with E-state index in [9.17, 15) is 4.79 Å². The van der Waals surface area contributed by atoms with Crippen molar-refractivity contribution in [1.82, 2.24) is 20.2 Å². The molecule has 1 aromatic carbocycles. The van der Waals surface area contributed by atoms with Crippen LogP contribution in [0, 0.1) is 5.92 Å². The van der Waals surface area contributed by atoms with E-state index in [2.05, 4.69) is 20.8 Å². The third kappa shape index (κ3) is 4.31. The van der Waals surface area contributed by atoms with Crippen LogP contribution in [0.1, 0.15) is 39.0 Å². The quantitative estimate of drug-likeness (QED) is 0.851. The minimum absolute atomic E-state index is 0.0919. The largest absolute Gasteiger partial charge is 0.326 e. The second-order valence-electron chi connectivity index (χ2n) is 5.92. The van der Waals surface area contributed by atoms with E-state index < -0.39 is 0 Å². The molecule has 1 amide bonds. The van der Waals surface area contributed by atoms with Gasteiger partial charge in [-0.15, -0.1) is 5.10 Å². The van der Waals surface area contributed by atoms with Gasteiger partial charge in [0.25, 0.3) is 0 Å². The maximum absolute atomic E-state index is 11.2. The Morgan fingerprint density at radius 1 is 1.35 bits per heavy atom. The van der Waals surface area contributed by atoms with Crippen molar-refractivity contribution in [2.24, 2.45) is 5.92 Å². The summed E-state index contributed by atoms with van der Waals surface area (Å²) >= 11 is 1.71. The molecular weight excluding hydrogens is 310 g/mol. The molecule has 0 aliphatic heterocycles. The topological polar surface area (TPSA) is 72.7 Å². The first-order chi connectivity index (χ1) is 11.2. The molecule has 0 bridgehead atoms. The number of aromatic nitrogens is 4. The monoisotopic (exact) mass is 331 g/mol. The molecule has 3 rings (SSSR count). The molecule has 1 aliphatic carbocycles. The van der Waals surface area contributed by atoms with Crippen LogP contribution in [-0.2, 0) is 4.79 Å². The van der Waals surface area contributed by atoms with Crippen molar-refractivity contribution in [2.45, 2.75) is 44.2 Å². The van der Waals surface area contributed by atoms with Crippen molar-refractivity contribution in [2.75, 3.05) is 11.1 Å². The zero-order chi connectivity index (χ0) is 16.1. The fourth-order valence-electron chi connectivity index (χ4n) is 2.90. The number of carbonyl (C=O) groups is 1. The van der Waals surface area contributed by atoms with E-state index in [1.165, 1.54) is 39.0 Å². The first-order valence-electron chi connectivity index (χ1n) is 8.01. The molecule has 1 aromatic heterocycles. The van der Waals surface area contributed by atoms with Crippen LogP contribution in [0.2, 0.25) is 0 Å². The van der Waals surface area contributed by atoms with Crippen LogP contribution in [0.5, 0.6) is 0 Å². The van der Waals surface area contributed by atoms with Gasteiger partial charge in [0.1, 0.15) is 0 Å². The summed E-state index contributed by atoms with van der Waals surface area (Å²) in [4.78, 5) is 11.2. The predicted octanol–water partition coefficient (Wildman–Crippen LogP) is 3.29. The maximum atomic E-state index is 11.2. The lowest BCUT2D eigenvalue weighted by molar-refractivity contribution is -0.114. The van der Waals surface area contributed by atoms with Gasteiger partial charge in [-0.2, -0.15) is 4.68 Å². The lowest BCUT2D eigenvalue weighted by atomic mass is 9.91. The Morgan fingerprint density at radius 2 is 2.17 bits per heavy atom. The number of anilines is 1. The first-order valence-corrected chi connectivity index (χ1v) is 9.00. The number of thioether (sulfide) groups is 1. The minimum Gasteiger partial charge on any atom is -0.326 e. The van der Waals surface area contributed by atoms with E-state index in [1.807, 2.05) is 24.3 Å². The smallest absolute Gasteiger partial charge is 0.221 e. The molecule has 23 heavy (non-hydrogen) atoms. The number of rotatable bonds is 5. The molecule has 1 aliphatic rings. The molecule has 1 N–H and O–H groups in total. The van der Waals surface area contributed by atoms with Gasteiger partial charge in [0, 0.05) is 18.4 Å². The van der Waals surface area contributed by atoms with E-state index in [0.29, 0.717) is 0 Å². The molecule has 6 nitrogen and oxygen atoms in total. The molecule has 0 saturated heterocycles. The van der Waals surface area contributed by atoms with Crippen LogP contribution in [0.15, 0.2) is 29.4 Å². The Labute approximate surface area is 140 Å². The Balaban J connectivity index is 1.71. The zero-order valence-electron chi connectivity index (χ0n) is 13.2. The standard InChI is InChI=1S/C16H21N5OS/c1-12(22)17-14-8-5-9-15(10-14)21-16(18-19-20-21)23-11-13-6-3-2-4-7-13/h5,8-10,13H,2-4,6-7,11H2,1H3,(H,17,22). The highest BCUT2D eigenvalue weighted by Crippen LogP contribution is 2.29. The van der Waals surface area contributed by atoms with Gasteiger partial charge in [0.2, 0.25) is 11.1 Å². The molecule has 0 unspecified atom stereocenters. The summed E-state index contributed by atoms with van der Waals surface area (Å²) in [5.74, 6) is 1.74. The highest BCUT2D eigenvalue weighted by Gasteiger charge is 2.16. The van der Waals surface area contributed by atoms with Gasteiger partial charge in [-0.3, -0.25) is 4.79 Å². The average Bonchev–Trinajstić information content (AvgIpc) is 3.02. The number of nitrogens with zero attached hydrogens (tertiary/aromatic N) is 4. The number of tetrazole rings is 1. The van der Waals surface area contributed by atoms with Crippen LogP contribution in [-0.4, -0.2) is 31.9 Å². The van der Waals surface area contributed by atoms with Crippen molar-refractivity contribution in [3.05, 3.63) is 24.3 Å². The molecule has 0 spiro atoms. The molecule has 1 fully saturated rings. The van der Waals surface area contributed by atoms with Gasteiger partial charge < -0.3 is 5.32 Å². The second-order valence-corrected chi connectivity index (χ2v) is 6.91. The Bertz CT molecular complexity index is 666. The number of benzene rings is 1. The minimum atomic E-state index is -0.0919. The fraction of sp³-hybridized carbons (Fsp3) is 0.500. The number of hydrogen-bond acceptors (Lipinski definition) is 5. The van der Waals surface area contributed by atoms with Gasteiger partial charge in [-0.25, -0.2) is 0 Å². The number of carbonyl (C=O) groups excluding carboxylic acids is 1. The Hall–Kier alpha value is -1.89. The Morgan fingerprint density at radius 3 is 2.96 bits per heavy atom.